The van der Waals surface area contributed by atoms with Gasteiger partial charge in [-0.15, -0.1) is 11.3 Å². The quantitative estimate of drug-likeness (QED) is 0.768. The number of benzene rings is 1. The summed E-state index contributed by atoms with van der Waals surface area (Å²) in [7, 11) is 3.18. The molecule has 2 aromatic rings. The summed E-state index contributed by atoms with van der Waals surface area (Å²) in [4.78, 5) is 15.9. The third-order valence-electron chi connectivity index (χ3n) is 4.96. The molecule has 0 fully saturated rings. The standard InChI is InChI=1S/C20H26N2O3S/c1-20(21,7-6-15-5-4-10-26-15)8-9-22-13-14-11-17(24-2)18(25-3)12-16(14)19(22)23/h4-5,10-12H,6-9,13,21H2,1-3H3. The summed E-state index contributed by atoms with van der Waals surface area (Å²) >= 11 is 1.76. The average Bonchev–Trinajstić information content (AvgIpc) is 3.25. The van der Waals surface area contributed by atoms with Crippen LogP contribution in [0.3, 0.4) is 0 Å². The first-order valence-corrected chi connectivity index (χ1v) is 9.67. The number of aryl methyl sites for hydroxylation is 1. The van der Waals surface area contributed by atoms with Gasteiger partial charge in [0, 0.05) is 29.1 Å². The van der Waals surface area contributed by atoms with Gasteiger partial charge < -0.3 is 20.1 Å². The lowest BCUT2D eigenvalue weighted by atomic mass is 9.92. The Morgan fingerprint density at radius 2 is 1.96 bits per heavy atom. The Balaban J connectivity index is 1.61. The number of fused-ring (bicyclic) bond motifs is 1. The second-order valence-corrected chi connectivity index (χ2v) is 8.11. The lowest BCUT2D eigenvalue weighted by molar-refractivity contribution is 0.0766. The molecule has 26 heavy (non-hydrogen) atoms. The van der Waals surface area contributed by atoms with E-state index >= 15 is 0 Å². The summed E-state index contributed by atoms with van der Waals surface area (Å²) in [5.41, 5.74) is 7.85. The maximum Gasteiger partial charge on any atom is 0.254 e. The highest BCUT2D eigenvalue weighted by molar-refractivity contribution is 7.09. The molecule has 1 aliphatic heterocycles. The van der Waals surface area contributed by atoms with Gasteiger partial charge in [-0.25, -0.2) is 0 Å². The molecule has 0 bridgehead atoms. The van der Waals surface area contributed by atoms with Crippen molar-refractivity contribution >= 4 is 17.2 Å². The molecule has 1 aromatic heterocycles. The molecule has 140 valence electrons. The first-order valence-electron chi connectivity index (χ1n) is 8.79. The molecule has 1 aliphatic rings. The molecule has 1 unspecified atom stereocenters. The third-order valence-corrected chi connectivity index (χ3v) is 5.90. The van der Waals surface area contributed by atoms with Crippen molar-refractivity contribution < 1.29 is 14.3 Å². The Hall–Kier alpha value is -2.05. The molecule has 0 saturated heterocycles. The summed E-state index contributed by atoms with van der Waals surface area (Å²) in [6.45, 7) is 3.31. The molecule has 2 N–H and O–H groups in total. The van der Waals surface area contributed by atoms with Crippen LogP contribution in [0.15, 0.2) is 29.6 Å². The Kier molecular flexibility index (Phi) is 5.53. The smallest absolute Gasteiger partial charge is 0.254 e. The minimum absolute atomic E-state index is 0.0370. The molecule has 0 saturated carbocycles. The summed E-state index contributed by atoms with van der Waals surface area (Å²) in [6.07, 6.45) is 2.66. The van der Waals surface area contributed by atoms with E-state index in [1.54, 1.807) is 31.6 Å². The fourth-order valence-electron chi connectivity index (χ4n) is 3.26. The van der Waals surface area contributed by atoms with E-state index in [0.29, 0.717) is 30.2 Å². The van der Waals surface area contributed by atoms with Gasteiger partial charge in [-0.05, 0) is 55.3 Å². The molecule has 6 heteroatoms. The van der Waals surface area contributed by atoms with E-state index in [0.717, 1.165) is 24.8 Å². The Morgan fingerprint density at radius 1 is 1.23 bits per heavy atom. The van der Waals surface area contributed by atoms with Gasteiger partial charge in [0.2, 0.25) is 0 Å². The molecular formula is C20H26N2O3S. The minimum Gasteiger partial charge on any atom is -0.493 e. The van der Waals surface area contributed by atoms with Crippen molar-refractivity contribution in [1.82, 2.24) is 4.90 Å². The van der Waals surface area contributed by atoms with Crippen molar-refractivity contribution in [3.8, 4) is 11.5 Å². The lowest BCUT2D eigenvalue weighted by Crippen LogP contribution is -2.40. The highest BCUT2D eigenvalue weighted by atomic mass is 32.1. The predicted molar refractivity (Wildman–Crippen MR) is 104 cm³/mol. The third kappa shape index (κ3) is 4.02. The molecule has 3 rings (SSSR count). The number of carbonyl (C=O) groups excluding carboxylic acids is 1. The second-order valence-electron chi connectivity index (χ2n) is 7.07. The number of ether oxygens (including phenoxy) is 2. The first-order chi connectivity index (χ1) is 12.4. The Labute approximate surface area is 158 Å². The normalized spacial score (nSPS) is 15.7. The second kappa shape index (κ2) is 7.68. The fourth-order valence-corrected chi connectivity index (χ4v) is 3.97. The Morgan fingerprint density at radius 3 is 2.62 bits per heavy atom. The first kappa shape index (κ1) is 18.7. The number of hydrogen-bond donors (Lipinski definition) is 1. The Bertz CT molecular complexity index is 772. The van der Waals surface area contributed by atoms with E-state index in [-0.39, 0.29) is 11.4 Å². The van der Waals surface area contributed by atoms with Gasteiger partial charge in [0.05, 0.1) is 14.2 Å². The van der Waals surface area contributed by atoms with E-state index in [9.17, 15) is 4.79 Å². The van der Waals surface area contributed by atoms with Crippen molar-refractivity contribution in [2.24, 2.45) is 5.73 Å². The molecule has 0 radical (unpaired) electrons. The number of rotatable bonds is 8. The number of nitrogens with zero attached hydrogens (tertiary/aromatic N) is 1. The van der Waals surface area contributed by atoms with Crippen molar-refractivity contribution in [2.45, 2.75) is 38.3 Å². The monoisotopic (exact) mass is 374 g/mol. The van der Waals surface area contributed by atoms with Crippen LogP contribution in [0.5, 0.6) is 11.5 Å². The van der Waals surface area contributed by atoms with E-state index < -0.39 is 0 Å². The number of hydrogen-bond acceptors (Lipinski definition) is 5. The number of amides is 1. The highest BCUT2D eigenvalue weighted by Gasteiger charge is 2.30. The fraction of sp³-hybridized carbons (Fsp3) is 0.450. The average molecular weight is 375 g/mol. The van der Waals surface area contributed by atoms with Crippen LogP contribution >= 0.6 is 11.3 Å². The zero-order valence-electron chi connectivity index (χ0n) is 15.6. The molecule has 0 aliphatic carbocycles. The van der Waals surface area contributed by atoms with Gasteiger partial charge in [-0.2, -0.15) is 0 Å². The van der Waals surface area contributed by atoms with Crippen LogP contribution < -0.4 is 15.2 Å². The van der Waals surface area contributed by atoms with E-state index in [4.69, 9.17) is 15.2 Å². The number of carbonyl (C=O) groups is 1. The van der Waals surface area contributed by atoms with E-state index in [2.05, 4.69) is 24.4 Å². The van der Waals surface area contributed by atoms with Gasteiger partial charge in [0.15, 0.2) is 11.5 Å². The molecule has 1 atom stereocenters. The van der Waals surface area contributed by atoms with Crippen LogP contribution in [0.25, 0.3) is 0 Å². The van der Waals surface area contributed by atoms with Crippen molar-refractivity contribution in [2.75, 3.05) is 20.8 Å². The van der Waals surface area contributed by atoms with Gasteiger partial charge in [0.25, 0.3) is 5.91 Å². The number of nitrogens with two attached hydrogens (primary N) is 1. The van der Waals surface area contributed by atoms with Crippen molar-refractivity contribution in [3.05, 3.63) is 45.6 Å². The van der Waals surface area contributed by atoms with Gasteiger partial charge >= 0.3 is 0 Å². The molecule has 0 spiro atoms. The van der Waals surface area contributed by atoms with Crippen molar-refractivity contribution in [1.29, 1.82) is 0 Å². The zero-order valence-corrected chi connectivity index (χ0v) is 16.4. The van der Waals surface area contributed by atoms with Gasteiger partial charge in [-0.1, -0.05) is 6.07 Å². The number of thiophene rings is 1. The zero-order chi connectivity index (χ0) is 18.7. The number of methoxy groups -OCH3 is 2. The molecule has 5 nitrogen and oxygen atoms in total. The summed E-state index contributed by atoms with van der Waals surface area (Å²) < 4.78 is 10.7. The van der Waals surface area contributed by atoms with Crippen LogP contribution in [-0.2, 0) is 13.0 Å². The SMILES string of the molecule is COc1cc2c(cc1OC)C(=O)N(CCC(C)(N)CCc1cccs1)C2. The van der Waals surface area contributed by atoms with Crippen molar-refractivity contribution in [3.63, 3.8) is 0 Å². The topological polar surface area (TPSA) is 64.8 Å². The minimum atomic E-state index is -0.297. The maximum absolute atomic E-state index is 12.7. The van der Waals surface area contributed by atoms with Crippen LogP contribution in [0.1, 0.15) is 40.6 Å². The lowest BCUT2D eigenvalue weighted by Gasteiger charge is -2.27. The van der Waals surface area contributed by atoms with Crippen LogP contribution in [-0.4, -0.2) is 37.1 Å². The van der Waals surface area contributed by atoms with Crippen LogP contribution in [0.4, 0.5) is 0 Å². The van der Waals surface area contributed by atoms with E-state index in [1.807, 2.05) is 11.0 Å². The highest BCUT2D eigenvalue weighted by Crippen LogP contribution is 2.35. The van der Waals surface area contributed by atoms with E-state index in [1.165, 1.54) is 4.88 Å². The van der Waals surface area contributed by atoms with Crippen LogP contribution in [0, 0.1) is 0 Å². The maximum atomic E-state index is 12.7. The van der Waals surface area contributed by atoms with Crippen LogP contribution in [0.2, 0.25) is 0 Å². The summed E-state index contributed by atoms with van der Waals surface area (Å²) in [5, 5.41) is 2.09. The summed E-state index contributed by atoms with van der Waals surface area (Å²) in [5.74, 6) is 1.27. The molecule has 1 amide bonds. The molecule has 1 aromatic carbocycles. The molecular weight excluding hydrogens is 348 g/mol. The molecule has 2 heterocycles. The summed E-state index contributed by atoms with van der Waals surface area (Å²) in [6, 6.07) is 7.87. The largest absolute Gasteiger partial charge is 0.493 e. The van der Waals surface area contributed by atoms with Gasteiger partial charge in [0.1, 0.15) is 0 Å². The predicted octanol–water partition coefficient (Wildman–Crippen LogP) is 3.46. The van der Waals surface area contributed by atoms with Gasteiger partial charge in [-0.3, -0.25) is 4.79 Å².